The predicted octanol–water partition coefficient (Wildman–Crippen LogP) is 3.19. The lowest BCUT2D eigenvalue weighted by Gasteiger charge is -2.32. The van der Waals surface area contributed by atoms with Crippen LogP contribution in [0, 0.1) is 0 Å². The molecule has 6 heteroatoms. The minimum atomic E-state index is 0.0337. The highest BCUT2D eigenvalue weighted by atomic mass is 16.5. The highest BCUT2D eigenvalue weighted by molar-refractivity contribution is 5.75. The normalized spacial score (nSPS) is 19.3. The summed E-state index contributed by atoms with van der Waals surface area (Å²) in [6, 6.07) is 14.0. The molecule has 0 amide bonds. The molecule has 2 aromatic rings. The third-order valence-electron chi connectivity index (χ3n) is 5.67. The van der Waals surface area contributed by atoms with Crippen molar-refractivity contribution in [3.8, 4) is 11.5 Å². The van der Waals surface area contributed by atoms with Crippen LogP contribution in [-0.4, -0.2) is 49.6 Å². The number of phenolic OH excluding ortho intramolecular Hbond substituents is 1. The van der Waals surface area contributed by atoms with Crippen molar-refractivity contribution in [2.24, 2.45) is 0 Å². The van der Waals surface area contributed by atoms with E-state index in [1.807, 2.05) is 6.07 Å². The molecule has 150 valence electrons. The van der Waals surface area contributed by atoms with Crippen LogP contribution in [0.15, 0.2) is 42.5 Å². The molecule has 0 radical (unpaired) electrons. The molecule has 0 aliphatic carbocycles. The number of nitrogens with zero attached hydrogens (tertiary/aromatic N) is 2. The number of nitrogens with one attached hydrogen (secondary N) is 2. The maximum absolute atomic E-state index is 10.0. The molecule has 2 aliphatic heterocycles. The summed E-state index contributed by atoms with van der Waals surface area (Å²) in [4.78, 5) is 4.98. The molecular formula is C22H30N4O2. The van der Waals surface area contributed by atoms with Gasteiger partial charge in [0.1, 0.15) is 0 Å². The summed E-state index contributed by atoms with van der Waals surface area (Å²) < 4.78 is 5.13. The fourth-order valence-electron chi connectivity index (χ4n) is 4.11. The number of benzene rings is 2. The van der Waals surface area contributed by atoms with Crippen LogP contribution >= 0.6 is 0 Å². The maximum Gasteiger partial charge on any atom is 0.160 e. The summed E-state index contributed by atoms with van der Waals surface area (Å²) in [5, 5.41) is 17.2. The molecule has 4 rings (SSSR count). The van der Waals surface area contributed by atoms with E-state index in [-0.39, 0.29) is 12.0 Å². The van der Waals surface area contributed by atoms with Crippen LogP contribution in [0.25, 0.3) is 0 Å². The third-order valence-corrected chi connectivity index (χ3v) is 5.67. The number of phenols is 1. The molecule has 2 aliphatic rings. The monoisotopic (exact) mass is 382 g/mol. The number of hydrogen-bond donors (Lipinski definition) is 3. The Balaban J connectivity index is 1.41. The second kappa shape index (κ2) is 8.71. The Morgan fingerprint density at radius 2 is 1.93 bits per heavy atom. The molecule has 28 heavy (non-hydrogen) atoms. The maximum atomic E-state index is 10.0. The molecule has 2 heterocycles. The van der Waals surface area contributed by atoms with Gasteiger partial charge in [0.05, 0.1) is 18.5 Å². The van der Waals surface area contributed by atoms with Crippen molar-refractivity contribution in [3.05, 3.63) is 48.0 Å². The van der Waals surface area contributed by atoms with E-state index < -0.39 is 0 Å². The Morgan fingerprint density at radius 1 is 1.11 bits per heavy atom. The summed E-state index contributed by atoms with van der Waals surface area (Å²) in [6.45, 7) is 5.15. The fraction of sp³-hybridized carbons (Fsp3) is 0.455. The van der Waals surface area contributed by atoms with E-state index in [1.54, 1.807) is 19.2 Å². The first-order chi connectivity index (χ1) is 13.7. The van der Waals surface area contributed by atoms with Gasteiger partial charge in [-0.15, -0.1) is 0 Å². The van der Waals surface area contributed by atoms with Gasteiger partial charge in [0, 0.05) is 19.6 Å². The smallest absolute Gasteiger partial charge is 0.160 e. The Hall–Kier alpha value is -2.44. The molecule has 0 aromatic heterocycles. The summed E-state index contributed by atoms with van der Waals surface area (Å²) in [7, 11) is 1.56. The van der Waals surface area contributed by atoms with Crippen molar-refractivity contribution in [2.75, 3.05) is 43.5 Å². The van der Waals surface area contributed by atoms with Gasteiger partial charge in [-0.2, -0.15) is 0 Å². The second-order valence-corrected chi connectivity index (χ2v) is 7.55. The van der Waals surface area contributed by atoms with Crippen LogP contribution in [0.3, 0.4) is 0 Å². The third kappa shape index (κ3) is 4.18. The largest absolute Gasteiger partial charge is 0.504 e. The van der Waals surface area contributed by atoms with Crippen molar-refractivity contribution in [1.82, 2.24) is 10.2 Å². The van der Waals surface area contributed by atoms with Crippen molar-refractivity contribution >= 4 is 11.4 Å². The van der Waals surface area contributed by atoms with Crippen molar-refractivity contribution in [3.63, 3.8) is 0 Å². The minimum Gasteiger partial charge on any atom is -0.504 e. The van der Waals surface area contributed by atoms with E-state index in [9.17, 15) is 5.11 Å². The van der Waals surface area contributed by atoms with Gasteiger partial charge in [-0.3, -0.25) is 5.32 Å². The Labute approximate surface area is 167 Å². The summed E-state index contributed by atoms with van der Waals surface area (Å²) in [6.07, 6.45) is 4.03. The van der Waals surface area contributed by atoms with E-state index in [0.717, 1.165) is 24.3 Å². The summed E-state index contributed by atoms with van der Waals surface area (Å²) in [5.74, 6) is 0.671. The zero-order chi connectivity index (χ0) is 19.3. The highest BCUT2D eigenvalue weighted by Crippen LogP contribution is 2.33. The van der Waals surface area contributed by atoms with Crippen LogP contribution in [-0.2, 0) is 6.54 Å². The highest BCUT2D eigenvalue weighted by Gasteiger charge is 2.28. The molecule has 1 unspecified atom stereocenters. The van der Waals surface area contributed by atoms with Gasteiger partial charge in [0.25, 0.3) is 0 Å². The number of ether oxygens (including phenoxy) is 1. The molecule has 3 N–H and O–H groups in total. The number of anilines is 2. The molecule has 0 saturated carbocycles. The number of piperidine rings is 1. The Bertz CT molecular complexity index is 792. The van der Waals surface area contributed by atoms with Crippen LogP contribution in [0.5, 0.6) is 11.5 Å². The van der Waals surface area contributed by atoms with Gasteiger partial charge in [0.2, 0.25) is 0 Å². The van der Waals surface area contributed by atoms with E-state index in [1.165, 1.54) is 38.0 Å². The average Bonchev–Trinajstić information content (AvgIpc) is 3.09. The van der Waals surface area contributed by atoms with Gasteiger partial charge in [0.15, 0.2) is 17.8 Å². The van der Waals surface area contributed by atoms with E-state index >= 15 is 0 Å². The molecule has 1 saturated heterocycles. The summed E-state index contributed by atoms with van der Waals surface area (Å²) >= 11 is 0. The van der Waals surface area contributed by atoms with Crippen molar-refractivity contribution in [1.29, 1.82) is 0 Å². The topological polar surface area (TPSA) is 60.0 Å². The summed E-state index contributed by atoms with van der Waals surface area (Å²) in [5.41, 5.74) is 3.43. The molecule has 2 aromatic carbocycles. The molecule has 6 nitrogen and oxygen atoms in total. The lowest BCUT2D eigenvalue weighted by Crippen LogP contribution is -2.49. The average molecular weight is 383 g/mol. The molecule has 0 bridgehead atoms. The van der Waals surface area contributed by atoms with E-state index in [0.29, 0.717) is 12.3 Å². The lowest BCUT2D eigenvalue weighted by molar-refractivity contribution is 0.231. The minimum absolute atomic E-state index is 0.0337. The fourth-order valence-corrected chi connectivity index (χ4v) is 4.11. The number of para-hydroxylation sites is 2. The first-order valence-electron chi connectivity index (χ1n) is 10.2. The first kappa shape index (κ1) is 18.9. The number of methoxy groups -OCH3 is 1. The van der Waals surface area contributed by atoms with Gasteiger partial charge >= 0.3 is 0 Å². The predicted molar refractivity (Wildman–Crippen MR) is 113 cm³/mol. The number of hydrogen-bond acceptors (Lipinski definition) is 6. The van der Waals surface area contributed by atoms with Crippen LogP contribution < -0.4 is 20.3 Å². The number of fused-ring (bicyclic) bond motifs is 1. The van der Waals surface area contributed by atoms with Crippen LogP contribution in [0.4, 0.5) is 11.4 Å². The zero-order valence-corrected chi connectivity index (χ0v) is 16.5. The van der Waals surface area contributed by atoms with E-state index in [4.69, 9.17) is 4.74 Å². The lowest BCUT2D eigenvalue weighted by atomic mass is 10.1. The Kier molecular flexibility index (Phi) is 5.88. The quantitative estimate of drug-likeness (QED) is 0.684. The standard InChI is InChI=1S/C22H30N4O2/c1-28-21-10-9-17(15-20(21)27)16-23-22-24-18-7-3-4-8-19(18)26(22)14-13-25-11-5-2-6-12-25/h3-4,7-10,15,22-24,27H,2,5-6,11-14,16H2,1H3. The second-order valence-electron chi connectivity index (χ2n) is 7.55. The van der Waals surface area contributed by atoms with Gasteiger partial charge in [-0.25, -0.2) is 0 Å². The number of rotatable bonds is 7. The molecule has 0 spiro atoms. The van der Waals surface area contributed by atoms with Crippen LogP contribution in [0.2, 0.25) is 0 Å². The van der Waals surface area contributed by atoms with Crippen molar-refractivity contribution in [2.45, 2.75) is 32.1 Å². The Morgan fingerprint density at radius 3 is 2.71 bits per heavy atom. The molecule has 1 atom stereocenters. The van der Waals surface area contributed by atoms with Crippen LogP contribution in [0.1, 0.15) is 24.8 Å². The first-order valence-corrected chi connectivity index (χ1v) is 10.2. The number of aromatic hydroxyl groups is 1. The SMILES string of the molecule is COc1ccc(CNC2Nc3ccccc3N2CCN2CCCCC2)cc1O. The van der Waals surface area contributed by atoms with Crippen molar-refractivity contribution < 1.29 is 9.84 Å². The number of likely N-dealkylation sites (tertiary alicyclic amines) is 1. The molecule has 1 fully saturated rings. The molecular weight excluding hydrogens is 352 g/mol. The van der Waals surface area contributed by atoms with Gasteiger partial charge in [-0.05, 0) is 55.8 Å². The van der Waals surface area contributed by atoms with Gasteiger partial charge in [-0.1, -0.05) is 24.6 Å². The van der Waals surface area contributed by atoms with Gasteiger partial charge < -0.3 is 25.0 Å². The zero-order valence-electron chi connectivity index (χ0n) is 16.5. The van der Waals surface area contributed by atoms with E-state index in [2.05, 4.69) is 44.7 Å².